The molecule has 0 bridgehead atoms. The van der Waals surface area contributed by atoms with Crippen LogP contribution in [0.3, 0.4) is 0 Å². The number of amides is 1. The van der Waals surface area contributed by atoms with E-state index in [9.17, 15) is 22.7 Å². The van der Waals surface area contributed by atoms with Crippen molar-refractivity contribution in [3.63, 3.8) is 0 Å². The predicted molar refractivity (Wildman–Crippen MR) is 100 cm³/mol. The van der Waals surface area contributed by atoms with Gasteiger partial charge < -0.3 is 10.4 Å². The minimum Gasteiger partial charge on any atom is -0.396 e. The van der Waals surface area contributed by atoms with Crippen LogP contribution >= 0.6 is 0 Å². The molecule has 0 fully saturated rings. The Labute approximate surface area is 158 Å². The van der Waals surface area contributed by atoms with Crippen molar-refractivity contribution in [2.24, 2.45) is 0 Å². The van der Waals surface area contributed by atoms with Crippen molar-refractivity contribution in [3.05, 3.63) is 65.0 Å². The minimum atomic E-state index is -3.95. The van der Waals surface area contributed by atoms with E-state index in [1.54, 1.807) is 0 Å². The third-order valence-corrected chi connectivity index (χ3v) is 5.64. The summed E-state index contributed by atoms with van der Waals surface area (Å²) in [6.07, 6.45) is 0.304. The molecule has 1 atom stereocenters. The molecule has 27 heavy (non-hydrogen) atoms. The van der Waals surface area contributed by atoms with Gasteiger partial charge in [-0.25, -0.2) is 17.5 Å². The molecule has 6 nitrogen and oxygen atoms in total. The largest absolute Gasteiger partial charge is 0.396 e. The molecule has 0 spiro atoms. The Balaban J connectivity index is 2.03. The molecule has 0 saturated heterocycles. The zero-order valence-corrected chi connectivity index (χ0v) is 16.0. The minimum absolute atomic E-state index is 0.0813. The van der Waals surface area contributed by atoms with Crippen LogP contribution in [0, 0.1) is 19.7 Å². The molecule has 0 heterocycles. The zero-order valence-electron chi connectivity index (χ0n) is 15.2. The second-order valence-corrected chi connectivity index (χ2v) is 8.01. The van der Waals surface area contributed by atoms with E-state index in [1.165, 1.54) is 6.92 Å². The van der Waals surface area contributed by atoms with Gasteiger partial charge in [0.05, 0.1) is 17.5 Å². The first-order chi connectivity index (χ1) is 12.7. The van der Waals surface area contributed by atoms with Crippen LogP contribution in [-0.4, -0.2) is 32.6 Å². The first-order valence-electron chi connectivity index (χ1n) is 8.45. The standard InChI is InChI=1S/C19H23FN2O4S/c1-13-3-5-15(6-4-13)17(9-10-23)22-19(24)12-21-27(25,26)18-8-7-16(20)11-14(18)2/h3-8,11,17,21,23H,9-10,12H2,1-2H3,(H,22,24)/t17-/m0/s1. The molecule has 0 aliphatic heterocycles. The van der Waals surface area contributed by atoms with Crippen LogP contribution in [0.5, 0.6) is 0 Å². The number of hydrogen-bond acceptors (Lipinski definition) is 4. The molecule has 0 radical (unpaired) electrons. The van der Waals surface area contributed by atoms with E-state index in [0.29, 0.717) is 6.42 Å². The lowest BCUT2D eigenvalue weighted by Gasteiger charge is -2.19. The SMILES string of the molecule is Cc1ccc([C@H](CCO)NC(=O)CNS(=O)(=O)c2ccc(F)cc2C)cc1. The first kappa shape index (κ1) is 21.0. The Kier molecular flexibility index (Phi) is 7.06. The molecular weight excluding hydrogens is 371 g/mol. The van der Waals surface area contributed by atoms with Crippen LogP contribution in [0.25, 0.3) is 0 Å². The van der Waals surface area contributed by atoms with Gasteiger partial charge in [0.1, 0.15) is 5.82 Å². The molecule has 8 heteroatoms. The predicted octanol–water partition coefficient (Wildman–Crippen LogP) is 1.96. The van der Waals surface area contributed by atoms with E-state index >= 15 is 0 Å². The third-order valence-electron chi connectivity index (χ3n) is 4.08. The van der Waals surface area contributed by atoms with Gasteiger partial charge in [0.2, 0.25) is 15.9 Å². The number of sulfonamides is 1. The number of halogens is 1. The fourth-order valence-corrected chi connectivity index (χ4v) is 3.85. The van der Waals surface area contributed by atoms with Gasteiger partial charge in [-0.15, -0.1) is 0 Å². The van der Waals surface area contributed by atoms with Crippen LogP contribution in [0.1, 0.15) is 29.2 Å². The fraction of sp³-hybridized carbons (Fsp3) is 0.316. The molecule has 0 saturated carbocycles. The highest BCUT2D eigenvalue weighted by Gasteiger charge is 2.20. The monoisotopic (exact) mass is 394 g/mol. The van der Waals surface area contributed by atoms with Crippen LogP contribution in [0.15, 0.2) is 47.4 Å². The normalized spacial score (nSPS) is 12.6. The number of aliphatic hydroxyl groups excluding tert-OH is 1. The van der Waals surface area contributed by atoms with Gasteiger partial charge >= 0.3 is 0 Å². The maximum atomic E-state index is 13.2. The fourth-order valence-electron chi connectivity index (χ4n) is 2.65. The summed E-state index contributed by atoms with van der Waals surface area (Å²) >= 11 is 0. The number of carbonyl (C=O) groups is 1. The molecule has 2 aromatic carbocycles. The zero-order chi connectivity index (χ0) is 20.0. The second kappa shape index (κ2) is 9.07. The second-order valence-electron chi connectivity index (χ2n) is 6.28. The maximum Gasteiger partial charge on any atom is 0.241 e. The molecule has 0 aliphatic rings. The van der Waals surface area contributed by atoms with Crippen molar-refractivity contribution >= 4 is 15.9 Å². The van der Waals surface area contributed by atoms with Gasteiger partial charge in [0.15, 0.2) is 0 Å². The summed E-state index contributed by atoms with van der Waals surface area (Å²) in [6.45, 7) is 2.83. The van der Waals surface area contributed by atoms with E-state index in [-0.39, 0.29) is 17.1 Å². The summed E-state index contributed by atoms with van der Waals surface area (Å²) in [6, 6.07) is 10.4. The summed E-state index contributed by atoms with van der Waals surface area (Å²) in [7, 11) is -3.95. The summed E-state index contributed by atoms with van der Waals surface area (Å²) in [4.78, 5) is 12.1. The Morgan fingerprint density at radius 3 is 2.41 bits per heavy atom. The number of carbonyl (C=O) groups excluding carboxylic acids is 1. The molecule has 0 aliphatic carbocycles. The van der Waals surface area contributed by atoms with E-state index < -0.39 is 34.3 Å². The van der Waals surface area contributed by atoms with Crippen molar-refractivity contribution in [1.82, 2.24) is 10.0 Å². The van der Waals surface area contributed by atoms with Gasteiger partial charge in [-0.2, -0.15) is 0 Å². The van der Waals surface area contributed by atoms with Gasteiger partial charge in [0, 0.05) is 6.61 Å². The Hall–Kier alpha value is -2.29. The van der Waals surface area contributed by atoms with Crippen LogP contribution < -0.4 is 10.0 Å². The number of hydrogen-bond donors (Lipinski definition) is 3. The molecule has 0 unspecified atom stereocenters. The Morgan fingerprint density at radius 2 is 1.81 bits per heavy atom. The van der Waals surface area contributed by atoms with Crippen LogP contribution in [0.4, 0.5) is 4.39 Å². The van der Waals surface area contributed by atoms with Gasteiger partial charge in [-0.3, -0.25) is 4.79 Å². The Bertz CT molecular complexity index is 898. The average molecular weight is 394 g/mol. The lowest BCUT2D eigenvalue weighted by atomic mass is 10.0. The third kappa shape index (κ3) is 5.85. The summed E-state index contributed by atoms with van der Waals surface area (Å²) in [5, 5.41) is 11.9. The first-order valence-corrected chi connectivity index (χ1v) is 9.94. The van der Waals surface area contributed by atoms with Crippen LogP contribution in [-0.2, 0) is 14.8 Å². The molecular formula is C19H23FN2O4S. The van der Waals surface area contributed by atoms with Crippen molar-refractivity contribution < 1.29 is 22.7 Å². The number of aliphatic hydroxyl groups is 1. The molecule has 2 rings (SSSR count). The Morgan fingerprint density at radius 1 is 1.15 bits per heavy atom. The van der Waals surface area contributed by atoms with E-state index in [4.69, 9.17) is 0 Å². The highest BCUT2D eigenvalue weighted by molar-refractivity contribution is 7.89. The van der Waals surface area contributed by atoms with E-state index in [1.807, 2.05) is 31.2 Å². The molecule has 1 amide bonds. The molecule has 0 aromatic heterocycles. The number of nitrogens with one attached hydrogen (secondary N) is 2. The van der Waals surface area contributed by atoms with Gasteiger partial charge in [0.25, 0.3) is 0 Å². The van der Waals surface area contributed by atoms with Crippen molar-refractivity contribution in [2.75, 3.05) is 13.2 Å². The molecule has 3 N–H and O–H groups in total. The van der Waals surface area contributed by atoms with Gasteiger partial charge in [-0.1, -0.05) is 29.8 Å². The van der Waals surface area contributed by atoms with E-state index in [0.717, 1.165) is 29.3 Å². The molecule has 2 aromatic rings. The van der Waals surface area contributed by atoms with E-state index in [2.05, 4.69) is 10.0 Å². The lowest BCUT2D eigenvalue weighted by molar-refractivity contribution is -0.120. The topological polar surface area (TPSA) is 95.5 Å². The number of aryl methyl sites for hydroxylation is 2. The highest BCUT2D eigenvalue weighted by Crippen LogP contribution is 2.18. The maximum absolute atomic E-state index is 13.2. The summed E-state index contributed by atoms with van der Waals surface area (Å²) in [5.41, 5.74) is 2.14. The van der Waals surface area contributed by atoms with Crippen LogP contribution in [0.2, 0.25) is 0 Å². The van der Waals surface area contributed by atoms with Gasteiger partial charge in [-0.05, 0) is 49.6 Å². The van der Waals surface area contributed by atoms with Crippen molar-refractivity contribution in [2.45, 2.75) is 31.2 Å². The summed E-state index contributed by atoms with van der Waals surface area (Å²) in [5.74, 6) is -1.06. The smallest absolute Gasteiger partial charge is 0.241 e. The van der Waals surface area contributed by atoms with Crippen molar-refractivity contribution in [3.8, 4) is 0 Å². The lowest BCUT2D eigenvalue weighted by Crippen LogP contribution is -2.39. The summed E-state index contributed by atoms with van der Waals surface area (Å²) < 4.78 is 40.0. The average Bonchev–Trinajstić information content (AvgIpc) is 2.60. The van der Waals surface area contributed by atoms with Crippen molar-refractivity contribution in [1.29, 1.82) is 0 Å². The number of benzene rings is 2. The quantitative estimate of drug-likeness (QED) is 0.638. The molecule has 146 valence electrons. The number of rotatable bonds is 8. The highest BCUT2D eigenvalue weighted by atomic mass is 32.2.